The van der Waals surface area contributed by atoms with Crippen LogP contribution in [0.25, 0.3) is 0 Å². The molecular formula is C26H34O9. The van der Waals surface area contributed by atoms with Gasteiger partial charge in [0.15, 0.2) is 6.10 Å². The molecule has 2 saturated carbocycles. The fraction of sp³-hybridized carbons (Fsp3) is 0.731. The zero-order valence-corrected chi connectivity index (χ0v) is 21.2. The average Bonchev–Trinajstić information content (AvgIpc) is 3.11. The van der Waals surface area contributed by atoms with Gasteiger partial charge in [0.25, 0.3) is 0 Å². The van der Waals surface area contributed by atoms with E-state index in [1.165, 1.54) is 27.0 Å². The molecule has 1 aliphatic heterocycles. The highest BCUT2D eigenvalue weighted by molar-refractivity contribution is 5.68. The number of fused-ring (bicyclic) bond motifs is 3. The lowest BCUT2D eigenvalue weighted by molar-refractivity contribution is -0.266. The molecule has 3 fully saturated rings. The van der Waals surface area contributed by atoms with Gasteiger partial charge in [0, 0.05) is 44.1 Å². The third kappa shape index (κ3) is 2.91. The van der Waals surface area contributed by atoms with Crippen molar-refractivity contribution in [2.45, 2.75) is 96.4 Å². The van der Waals surface area contributed by atoms with Crippen LogP contribution in [0.4, 0.5) is 0 Å². The van der Waals surface area contributed by atoms with E-state index in [4.69, 9.17) is 23.4 Å². The lowest BCUT2D eigenvalue weighted by Crippen LogP contribution is -2.76. The second-order valence-corrected chi connectivity index (χ2v) is 11.3. The van der Waals surface area contributed by atoms with E-state index in [9.17, 15) is 19.5 Å². The van der Waals surface area contributed by atoms with Crippen molar-refractivity contribution < 1.29 is 42.9 Å². The number of furan rings is 1. The first kappa shape index (κ1) is 24.3. The van der Waals surface area contributed by atoms with E-state index in [0.29, 0.717) is 24.2 Å². The number of ether oxygens (including phenoxy) is 4. The molecule has 10 atom stereocenters. The van der Waals surface area contributed by atoms with E-state index in [0.717, 1.165) is 0 Å². The Bertz CT molecular complexity index is 1090. The molecule has 1 spiro atoms. The molecule has 35 heavy (non-hydrogen) atoms. The van der Waals surface area contributed by atoms with Gasteiger partial charge in [-0.15, -0.1) is 0 Å². The van der Waals surface area contributed by atoms with Gasteiger partial charge in [0.2, 0.25) is 0 Å². The number of hydrogen-bond acceptors (Lipinski definition) is 9. The van der Waals surface area contributed by atoms with Crippen molar-refractivity contribution in [1.29, 1.82) is 0 Å². The van der Waals surface area contributed by atoms with Crippen LogP contribution >= 0.6 is 0 Å². The number of aliphatic hydroxyl groups is 1. The Labute approximate surface area is 204 Å². The molecule has 0 aromatic carbocycles. The van der Waals surface area contributed by atoms with Gasteiger partial charge in [-0.1, -0.05) is 13.8 Å². The van der Waals surface area contributed by atoms with Crippen LogP contribution in [-0.4, -0.2) is 52.5 Å². The summed E-state index contributed by atoms with van der Waals surface area (Å²) in [6.45, 7) is 11.6. The quantitative estimate of drug-likeness (QED) is 0.387. The second-order valence-electron chi connectivity index (χ2n) is 11.3. The van der Waals surface area contributed by atoms with Crippen molar-refractivity contribution in [2.24, 2.45) is 23.2 Å². The summed E-state index contributed by atoms with van der Waals surface area (Å²) in [7, 11) is 0. The number of hydrogen-bond donors (Lipinski definition) is 1. The van der Waals surface area contributed by atoms with Crippen molar-refractivity contribution in [3.05, 3.63) is 23.7 Å². The minimum Gasteiger partial charge on any atom is -0.469 e. The van der Waals surface area contributed by atoms with Crippen molar-refractivity contribution in [2.75, 3.05) is 0 Å². The molecule has 1 aromatic heterocycles. The minimum absolute atomic E-state index is 0.0456. The van der Waals surface area contributed by atoms with E-state index in [2.05, 4.69) is 0 Å². The first-order chi connectivity index (χ1) is 16.2. The smallest absolute Gasteiger partial charge is 0.303 e. The molecule has 0 radical (unpaired) electrons. The molecule has 1 aromatic rings. The summed E-state index contributed by atoms with van der Waals surface area (Å²) >= 11 is 0. The lowest BCUT2D eigenvalue weighted by Gasteiger charge is -2.63. The molecule has 192 valence electrons. The molecular weight excluding hydrogens is 456 g/mol. The minimum atomic E-state index is -1.48. The number of epoxide rings is 1. The van der Waals surface area contributed by atoms with Gasteiger partial charge >= 0.3 is 17.9 Å². The molecule has 0 amide bonds. The zero-order chi connectivity index (χ0) is 25.7. The van der Waals surface area contributed by atoms with Crippen LogP contribution in [0.2, 0.25) is 0 Å². The number of carbonyl (C=O) groups is 3. The van der Waals surface area contributed by atoms with Gasteiger partial charge in [-0.3, -0.25) is 14.4 Å². The van der Waals surface area contributed by atoms with E-state index in [1.54, 1.807) is 13.0 Å². The third-order valence-corrected chi connectivity index (χ3v) is 9.55. The average molecular weight is 491 g/mol. The highest BCUT2D eigenvalue weighted by Gasteiger charge is 2.90. The van der Waals surface area contributed by atoms with E-state index in [1.807, 2.05) is 20.8 Å². The van der Waals surface area contributed by atoms with Gasteiger partial charge in [-0.05, 0) is 38.2 Å². The molecule has 9 nitrogen and oxygen atoms in total. The SMILES string of the molecule is CC(=O)O[C@H]1[C@H]2[C@@H](Cc3occc3[C@@]2(C)O)[C@]2(C)[C@H](OC(C)=O)C[C@@H](C)[C@]3(C)O[C@]23[C@@H]1OC(C)=O. The maximum absolute atomic E-state index is 12.4. The van der Waals surface area contributed by atoms with Crippen molar-refractivity contribution in [3.8, 4) is 0 Å². The summed E-state index contributed by atoms with van der Waals surface area (Å²) in [6.07, 6.45) is -0.101. The van der Waals surface area contributed by atoms with Gasteiger partial charge in [-0.25, -0.2) is 0 Å². The molecule has 9 heteroatoms. The fourth-order valence-electron chi connectivity index (χ4n) is 8.04. The number of esters is 3. The van der Waals surface area contributed by atoms with Crippen LogP contribution in [0.15, 0.2) is 16.7 Å². The summed E-state index contributed by atoms with van der Waals surface area (Å²) in [5, 5.41) is 12.0. The Morgan fingerprint density at radius 1 is 1.03 bits per heavy atom. The largest absolute Gasteiger partial charge is 0.469 e. The van der Waals surface area contributed by atoms with Crippen molar-refractivity contribution in [3.63, 3.8) is 0 Å². The Balaban J connectivity index is 1.79. The van der Waals surface area contributed by atoms with Gasteiger partial charge < -0.3 is 28.5 Å². The lowest BCUT2D eigenvalue weighted by atomic mass is 9.42. The number of carbonyl (C=O) groups excluding carboxylic acids is 3. The molecule has 3 aliphatic carbocycles. The third-order valence-electron chi connectivity index (χ3n) is 9.55. The summed E-state index contributed by atoms with van der Waals surface area (Å²) < 4.78 is 30.2. The van der Waals surface area contributed by atoms with Crippen molar-refractivity contribution in [1.82, 2.24) is 0 Å². The van der Waals surface area contributed by atoms with E-state index in [-0.39, 0.29) is 11.8 Å². The summed E-state index contributed by atoms with van der Waals surface area (Å²) in [6, 6.07) is 1.72. The van der Waals surface area contributed by atoms with Gasteiger partial charge in [0.1, 0.15) is 29.2 Å². The number of rotatable bonds is 3. The van der Waals surface area contributed by atoms with Gasteiger partial charge in [-0.2, -0.15) is 0 Å². The van der Waals surface area contributed by atoms with Gasteiger partial charge in [0.05, 0.1) is 11.9 Å². The normalized spacial score (nSPS) is 47.3. The van der Waals surface area contributed by atoms with E-state index >= 15 is 0 Å². The first-order valence-corrected chi connectivity index (χ1v) is 12.2. The Morgan fingerprint density at radius 2 is 1.66 bits per heavy atom. The molecule has 1 N–H and O–H groups in total. The molecule has 2 heterocycles. The molecule has 4 aliphatic rings. The standard InChI is InChI=1S/C26H34O9/c1-12-10-19(32-13(2)27)23(5)17-11-18-16(8-9-31-18)24(6,30)20(17)21(33-14(3)28)22(34-15(4)29)26(23)25(12,7)35-26/h8-9,12,17,19-22,30H,10-11H2,1-7H3/t12-,17-,19-,20-,21+,22-,23-,24-,25+,26-/m1/s1. The topological polar surface area (TPSA) is 125 Å². The monoisotopic (exact) mass is 490 g/mol. The van der Waals surface area contributed by atoms with E-state index < -0.39 is 64.4 Å². The van der Waals surface area contributed by atoms with Crippen LogP contribution in [0.1, 0.15) is 66.2 Å². The summed E-state index contributed by atoms with van der Waals surface area (Å²) in [5.41, 5.74) is -3.61. The summed E-state index contributed by atoms with van der Waals surface area (Å²) in [5.74, 6) is -2.02. The Kier molecular flexibility index (Phi) is 5.08. The highest BCUT2D eigenvalue weighted by Crippen LogP contribution is 2.77. The first-order valence-electron chi connectivity index (χ1n) is 12.2. The maximum Gasteiger partial charge on any atom is 0.303 e. The molecule has 0 unspecified atom stereocenters. The Morgan fingerprint density at radius 3 is 2.26 bits per heavy atom. The predicted molar refractivity (Wildman–Crippen MR) is 120 cm³/mol. The second kappa shape index (κ2) is 7.32. The Hall–Kier alpha value is -2.39. The fourth-order valence-corrected chi connectivity index (χ4v) is 8.04. The van der Waals surface area contributed by atoms with Crippen LogP contribution in [0, 0.1) is 23.2 Å². The highest BCUT2D eigenvalue weighted by atomic mass is 16.7. The molecule has 0 bridgehead atoms. The van der Waals surface area contributed by atoms with Crippen LogP contribution < -0.4 is 0 Å². The predicted octanol–water partition coefficient (Wildman–Crippen LogP) is 2.66. The van der Waals surface area contributed by atoms with Crippen LogP contribution in [-0.2, 0) is 45.4 Å². The molecule has 5 rings (SSSR count). The van der Waals surface area contributed by atoms with Crippen LogP contribution in [0.5, 0.6) is 0 Å². The van der Waals surface area contributed by atoms with Crippen molar-refractivity contribution >= 4 is 17.9 Å². The summed E-state index contributed by atoms with van der Waals surface area (Å²) in [4.78, 5) is 37.0. The zero-order valence-electron chi connectivity index (χ0n) is 21.2. The van der Waals surface area contributed by atoms with Crippen LogP contribution in [0.3, 0.4) is 0 Å². The maximum atomic E-state index is 12.4. The molecule has 1 saturated heterocycles.